The van der Waals surface area contributed by atoms with Gasteiger partial charge in [0, 0.05) is 6.54 Å². The van der Waals surface area contributed by atoms with Crippen molar-refractivity contribution in [2.75, 3.05) is 10.0 Å². The summed E-state index contributed by atoms with van der Waals surface area (Å²) in [6.45, 7) is 4.81. The van der Waals surface area contributed by atoms with Crippen molar-refractivity contribution in [2.24, 2.45) is 0 Å². The second-order valence-corrected chi connectivity index (χ2v) is 8.28. The Labute approximate surface area is 160 Å². The molecule has 2 N–H and O–H groups in total. The predicted octanol–water partition coefficient (Wildman–Crippen LogP) is 4.62. The van der Waals surface area contributed by atoms with Gasteiger partial charge in [0.2, 0.25) is 0 Å². The fourth-order valence-electron chi connectivity index (χ4n) is 2.59. The lowest BCUT2D eigenvalue weighted by Crippen LogP contribution is -2.14. The van der Waals surface area contributed by atoms with Crippen LogP contribution in [0.4, 0.5) is 11.5 Å². The molecule has 140 valence electrons. The van der Waals surface area contributed by atoms with E-state index in [0.29, 0.717) is 12.5 Å². The number of pyridine rings is 1. The molecular weight excluding hydrogens is 358 g/mol. The Balaban J connectivity index is 1.64. The lowest BCUT2D eigenvalue weighted by Gasteiger charge is -2.10. The zero-order chi connectivity index (χ0) is 19.3. The number of aromatic nitrogens is 1. The van der Waals surface area contributed by atoms with Gasteiger partial charge in [-0.15, -0.1) is 0 Å². The molecule has 6 heteroatoms. The summed E-state index contributed by atoms with van der Waals surface area (Å²) in [5.74, 6) is 0.639. The van der Waals surface area contributed by atoms with Crippen LogP contribution in [0.3, 0.4) is 0 Å². The molecule has 0 aliphatic carbocycles. The molecule has 0 spiro atoms. The molecule has 0 bridgehead atoms. The Kier molecular flexibility index (Phi) is 5.76. The third-order valence-corrected chi connectivity index (χ3v) is 5.57. The lowest BCUT2D eigenvalue weighted by molar-refractivity contribution is 0.601. The summed E-state index contributed by atoms with van der Waals surface area (Å²) in [7, 11) is -3.66. The third-order valence-electron chi connectivity index (χ3n) is 4.20. The van der Waals surface area contributed by atoms with E-state index in [1.807, 2.05) is 42.5 Å². The van der Waals surface area contributed by atoms with Crippen molar-refractivity contribution in [1.29, 1.82) is 0 Å². The van der Waals surface area contributed by atoms with Crippen molar-refractivity contribution < 1.29 is 8.42 Å². The van der Waals surface area contributed by atoms with Crippen LogP contribution >= 0.6 is 0 Å². The van der Waals surface area contributed by atoms with E-state index in [-0.39, 0.29) is 10.7 Å². The van der Waals surface area contributed by atoms with Crippen molar-refractivity contribution in [2.45, 2.75) is 31.2 Å². The second kappa shape index (κ2) is 8.22. The maximum atomic E-state index is 12.5. The van der Waals surface area contributed by atoms with Crippen molar-refractivity contribution in [1.82, 2.24) is 4.98 Å². The molecule has 2 aromatic carbocycles. The Hall–Kier alpha value is -2.86. The molecule has 0 aliphatic rings. The molecule has 0 saturated carbocycles. The summed E-state index contributed by atoms with van der Waals surface area (Å²) >= 11 is 0. The zero-order valence-electron chi connectivity index (χ0n) is 15.4. The van der Waals surface area contributed by atoms with Crippen molar-refractivity contribution in [3.05, 3.63) is 84.1 Å². The van der Waals surface area contributed by atoms with Gasteiger partial charge in [-0.25, -0.2) is 13.4 Å². The normalized spacial score (nSPS) is 11.4. The van der Waals surface area contributed by atoms with Crippen molar-refractivity contribution in [3.63, 3.8) is 0 Å². The first kappa shape index (κ1) is 18.9. The van der Waals surface area contributed by atoms with Gasteiger partial charge >= 0.3 is 0 Å². The standard InChI is InChI=1S/C21H23N3O2S/c1-16(2)18-8-11-20(12-9-18)27(25,26)24-21-13-10-19(15-23-21)22-14-17-6-4-3-5-7-17/h3-13,15-16,22H,14H2,1-2H3,(H,23,24). The van der Waals surface area contributed by atoms with Gasteiger partial charge in [0.1, 0.15) is 5.82 Å². The maximum Gasteiger partial charge on any atom is 0.263 e. The molecule has 0 fully saturated rings. The molecule has 0 atom stereocenters. The van der Waals surface area contributed by atoms with Gasteiger partial charge in [-0.05, 0) is 41.3 Å². The van der Waals surface area contributed by atoms with Gasteiger partial charge in [0.15, 0.2) is 0 Å². The molecule has 0 aliphatic heterocycles. The molecule has 0 amide bonds. The van der Waals surface area contributed by atoms with Gasteiger partial charge in [-0.3, -0.25) is 4.72 Å². The summed E-state index contributed by atoms with van der Waals surface area (Å²) in [5.41, 5.74) is 3.08. The minimum absolute atomic E-state index is 0.222. The number of nitrogens with zero attached hydrogens (tertiary/aromatic N) is 1. The van der Waals surface area contributed by atoms with Crippen LogP contribution in [-0.2, 0) is 16.6 Å². The number of anilines is 2. The first-order valence-corrected chi connectivity index (χ1v) is 10.3. The number of hydrogen-bond acceptors (Lipinski definition) is 4. The molecule has 5 nitrogen and oxygen atoms in total. The summed E-state index contributed by atoms with van der Waals surface area (Å²) in [4.78, 5) is 4.42. The van der Waals surface area contributed by atoms with Crippen LogP contribution in [0.2, 0.25) is 0 Å². The van der Waals surface area contributed by atoms with E-state index in [0.717, 1.165) is 16.8 Å². The summed E-state index contributed by atoms with van der Waals surface area (Å²) in [5, 5.41) is 3.26. The molecule has 27 heavy (non-hydrogen) atoms. The molecule has 1 heterocycles. The highest BCUT2D eigenvalue weighted by Crippen LogP contribution is 2.20. The molecule has 3 rings (SSSR count). The van der Waals surface area contributed by atoms with Crippen molar-refractivity contribution in [3.8, 4) is 0 Å². The molecule has 0 unspecified atom stereocenters. The average molecular weight is 382 g/mol. The maximum absolute atomic E-state index is 12.5. The van der Waals surface area contributed by atoms with Crippen LogP contribution in [0.25, 0.3) is 0 Å². The predicted molar refractivity (Wildman–Crippen MR) is 109 cm³/mol. The van der Waals surface area contributed by atoms with Gasteiger partial charge in [-0.1, -0.05) is 56.3 Å². The number of nitrogens with one attached hydrogen (secondary N) is 2. The van der Waals surface area contributed by atoms with E-state index < -0.39 is 10.0 Å². The van der Waals surface area contributed by atoms with Crippen LogP contribution in [0.15, 0.2) is 77.8 Å². The van der Waals surface area contributed by atoms with E-state index in [1.165, 1.54) is 0 Å². The summed E-state index contributed by atoms with van der Waals surface area (Å²) in [6.07, 6.45) is 1.61. The van der Waals surface area contributed by atoms with Gasteiger partial charge in [-0.2, -0.15) is 0 Å². The zero-order valence-corrected chi connectivity index (χ0v) is 16.2. The SMILES string of the molecule is CC(C)c1ccc(S(=O)(=O)Nc2ccc(NCc3ccccc3)cn2)cc1. The highest BCUT2D eigenvalue weighted by atomic mass is 32.2. The van der Waals surface area contributed by atoms with Crippen LogP contribution in [-0.4, -0.2) is 13.4 Å². The fourth-order valence-corrected chi connectivity index (χ4v) is 3.60. The second-order valence-electron chi connectivity index (χ2n) is 6.60. The quantitative estimate of drug-likeness (QED) is 0.626. The molecule has 0 saturated heterocycles. The number of sulfonamides is 1. The minimum atomic E-state index is -3.66. The van der Waals surface area contributed by atoms with E-state index in [9.17, 15) is 8.42 Å². The smallest absolute Gasteiger partial charge is 0.263 e. The van der Waals surface area contributed by atoms with Crippen LogP contribution in [0.1, 0.15) is 30.9 Å². The molecule has 0 radical (unpaired) electrons. The van der Waals surface area contributed by atoms with E-state index in [2.05, 4.69) is 28.9 Å². The Morgan fingerprint density at radius 1 is 0.926 bits per heavy atom. The van der Waals surface area contributed by atoms with Gasteiger partial charge in [0.25, 0.3) is 10.0 Å². The summed E-state index contributed by atoms with van der Waals surface area (Å²) in [6, 6.07) is 20.4. The van der Waals surface area contributed by atoms with E-state index >= 15 is 0 Å². The largest absolute Gasteiger partial charge is 0.380 e. The highest BCUT2D eigenvalue weighted by Gasteiger charge is 2.15. The fraction of sp³-hybridized carbons (Fsp3) is 0.190. The van der Waals surface area contributed by atoms with Gasteiger partial charge in [0.05, 0.1) is 16.8 Å². The van der Waals surface area contributed by atoms with Crippen LogP contribution in [0, 0.1) is 0 Å². The first-order chi connectivity index (χ1) is 12.9. The lowest BCUT2D eigenvalue weighted by atomic mass is 10.0. The Morgan fingerprint density at radius 2 is 1.63 bits per heavy atom. The average Bonchev–Trinajstić information content (AvgIpc) is 2.68. The molecule has 1 aromatic heterocycles. The number of hydrogen-bond donors (Lipinski definition) is 2. The summed E-state index contributed by atoms with van der Waals surface area (Å²) < 4.78 is 27.5. The minimum Gasteiger partial charge on any atom is -0.380 e. The topological polar surface area (TPSA) is 71.1 Å². The van der Waals surface area contributed by atoms with Crippen molar-refractivity contribution >= 4 is 21.5 Å². The highest BCUT2D eigenvalue weighted by molar-refractivity contribution is 7.92. The third kappa shape index (κ3) is 5.08. The monoisotopic (exact) mass is 381 g/mol. The first-order valence-electron chi connectivity index (χ1n) is 8.81. The Morgan fingerprint density at radius 3 is 2.22 bits per heavy atom. The molecular formula is C21H23N3O2S. The van der Waals surface area contributed by atoms with Gasteiger partial charge < -0.3 is 5.32 Å². The molecule has 3 aromatic rings. The number of rotatable bonds is 7. The van der Waals surface area contributed by atoms with Crippen LogP contribution < -0.4 is 10.0 Å². The van der Waals surface area contributed by atoms with Crippen LogP contribution in [0.5, 0.6) is 0 Å². The van der Waals surface area contributed by atoms with E-state index in [1.54, 1.807) is 30.5 Å². The van der Waals surface area contributed by atoms with E-state index in [4.69, 9.17) is 0 Å². The Bertz CT molecular complexity index is 968. The number of benzene rings is 2.